The zero-order chi connectivity index (χ0) is 29.5. The third kappa shape index (κ3) is 3.90. The molecule has 3 atom stereocenters. The van der Waals surface area contributed by atoms with Crippen molar-refractivity contribution >= 4 is 33.2 Å². The van der Waals surface area contributed by atoms with Gasteiger partial charge in [0.05, 0.1) is 28.6 Å². The number of fused-ring (bicyclic) bond motifs is 5. The molecule has 0 amide bonds. The number of nitrogens with two attached hydrogens (primary N) is 1. The van der Waals surface area contributed by atoms with E-state index in [4.69, 9.17) is 25.3 Å². The van der Waals surface area contributed by atoms with Crippen molar-refractivity contribution in [3.05, 3.63) is 33.5 Å². The number of aliphatic hydroxyl groups is 1. The van der Waals surface area contributed by atoms with Crippen molar-refractivity contribution in [1.82, 2.24) is 29.8 Å². The van der Waals surface area contributed by atoms with Gasteiger partial charge in [-0.2, -0.15) is 10.4 Å². The van der Waals surface area contributed by atoms with Crippen LogP contribution in [0.5, 0.6) is 0 Å². The van der Waals surface area contributed by atoms with Gasteiger partial charge in [0.25, 0.3) is 0 Å². The van der Waals surface area contributed by atoms with E-state index in [1.807, 2.05) is 6.20 Å². The summed E-state index contributed by atoms with van der Waals surface area (Å²) in [7, 11) is 2.19. The van der Waals surface area contributed by atoms with Crippen LogP contribution in [-0.2, 0) is 18.3 Å². The van der Waals surface area contributed by atoms with E-state index in [9.17, 15) is 10.4 Å². The molecule has 4 aromatic heterocycles. The molecule has 3 N–H and O–H groups in total. The maximum Gasteiger partial charge on any atom is 0.186 e. The minimum Gasteiger partial charge on any atom is -0.396 e. The second-order valence-electron chi connectivity index (χ2n) is 13.0. The van der Waals surface area contributed by atoms with Gasteiger partial charge in [0, 0.05) is 42.1 Å². The van der Waals surface area contributed by atoms with E-state index in [2.05, 4.69) is 39.7 Å². The molecule has 3 unspecified atom stereocenters. The maximum absolute atomic E-state index is 10.1. The van der Waals surface area contributed by atoms with Crippen molar-refractivity contribution in [3.8, 4) is 17.6 Å². The van der Waals surface area contributed by atoms with E-state index in [1.54, 1.807) is 11.3 Å². The number of aromatic nitrogens is 5. The minimum absolute atomic E-state index is 0.144. The highest BCUT2D eigenvalue weighted by molar-refractivity contribution is 7.16. The SMILES string of the molecule is CC(C1CCCN1C)n1ncc2c(N3CC(CO)C3)nc(-c3noc4c3CCCC43CCCc4sc(N)c(C#N)c43)nc21. The molecular weight excluding hydrogens is 562 g/mol. The molecule has 6 heterocycles. The van der Waals surface area contributed by atoms with E-state index in [-0.39, 0.29) is 18.6 Å². The minimum atomic E-state index is -0.395. The third-order valence-electron chi connectivity index (χ3n) is 10.5. The van der Waals surface area contributed by atoms with Gasteiger partial charge in [-0.1, -0.05) is 5.16 Å². The van der Waals surface area contributed by atoms with Gasteiger partial charge in [0.1, 0.15) is 16.9 Å². The fraction of sp³-hybridized carbons (Fsp3) is 0.581. The van der Waals surface area contributed by atoms with Crippen LogP contribution in [-0.4, -0.2) is 74.2 Å². The highest BCUT2D eigenvalue weighted by Crippen LogP contribution is 2.55. The predicted molar refractivity (Wildman–Crippen MR) is 164 cm³/mol. The first kappa shape index (κ1) is 27.0. The highest BCUT2D eigenvalue weighted by atomic mass is 32.1. The zero-order valence-corrected chi connectivity index (χ0v) is 25.5. The first-order valence-electron chi connectivity index (χ1n) is 15.6. The molecule has 1 spiro atoms. The molecule has 224 valence electrons. The molecule has 2 fully saturated rings. The second kappa shape index (κ2) is 10.0. The Morgan fingerprint density at radius 3 is 2.79 bits per heavy atom. The molecule has 4 aromatic rings. The average Bonchev–Trinajstić information content (AvgIpc) is 3.77. The smallest absolute Gasteiger partial charge is 0.186 e. The van der Waals surface area contributed by atoms with Crippen LogP contribution in [0.15, 0.2) is 10.7 Å². The summed E-state index contributed by atoms with van der Waals surface area (Å²) in [5.74, 6) is 2.48. The molecule has 4 aliphatic rings. The summed E-state index contributed by atoms with van der Waals surface area (Å²) in [4.78, 5) is 16.1. The zero-order valence-electron chi connectivity index (χ0n) is 24.7. The van der Waals surface area contributed by atoms with E-state index < -0.39 is 5.41 Å². The van der Waals surface area contributed by atoms with Crippen LogP contribution < -0.4 is 10.6 Å². The van der Waals surface area contributed by atoms with Crippen molar-refractivity contribution in [2.24, 2.45) is 5.92 Å². The fourth-order valence-corrected chi connectivity index (χ4v) is 9.50. The number of hydrogen-bond donors (Lipinski definition) is 2. The topological polar surface area (TPSA) is 146 Å². The summed E-state index contributed by atoms with van der Waals surface area (Å²) in [6.45, 7) is 4.98. The normalized spacial score (nSPS) is 24.7. The molecule has 43 heavy (non-hydrogen) atoms. The Bertz CT molecular complexity index is 1760. The van der Waals surface area contributed by atoms with Crippen molar-refractivity contribution in [1.29, 1.82) is 5.26 Å². The van der Waals surface area contributed by atoms with Crippen molar-refractivity contribution in [2.45, 2.75) is 75.8 Å². The number of rotatable bonds is 5. The number of nitrogen functional groups attached to an aromatic ring is 1. The Kier molecular flexibility index (Phi) is 6.29. The van der Waals surface area contributed by atoms with Crippen LogP contribution in [0.2, 0.25) is 0 Å². The maximum atomic E-state index is 10.1. The lowest BCUT2D eigenvalue weighted by Gasteiger charge is -2.39. The van der Waals surface area contributed by atoms with Gasteiger partial charge >= 0.3 is 0 Å². The number of aliphatic hydroxyl groups excluding tert-OH is 1. The lowest BCUT2D eigenvalue weighted by molar-refractivity contribution is 0.200. The Balaban J connectivity index is 1.28. The number of nitrogens with zero attached hydrogens (tertiary/aromatic N) is 8. The van der Waals surface area contributed by atoms with Crippen LogP contribution >= 0.6 is 11.3 Å². The Labute approximate surface area is 254 Å². The van der Waals surface area contributed by atoms with Gasteiger partial charge in [-0.05, 0) is 77.4 Å². The number of likely N-dealkylation sites (N-methyl/N-ethyl adjacent to an activating group) is 1. The summed E-state index contributed by atoms with van der Waals surface area (Å²) in [6, 6.07) is 2.94. The van der Waals surface area contributed by atoms with Gasteiger partial charge in [0.2, 0.25) is 0 Å². The van der Waals surface area contributed by atoms with Gasteiger partial charge in [-0.25, -0.2) is 14.6 Å². The summed E-state index contributed by atoms with van der Waals surface area (Å²) >= 11 is 1.55. The van der Waals surface area contributed by atoms with Crippen molar-refractivity contribution in [2.75, 3.05) is 43.9 Å². The third-order valence-corrected chi connectivity index (χ3v) is 11.6. The molecule has 2 aliphatic heterocycles. The average molecular weight is 600 g/mol. The molecular formula is C31H37N9O2S. The summed E-state index contributed by atoms with van der Waals surface area (Å²) in [6.07, 6.45) is 9.78. The van der Waals surface area contributed by atoms with E-state index in [1.165, 1.54) is 11.3 Å². The molecule has 0 radical (unpaired) electrons. The molecule has 12 heteroatoms. The van der Waals surface area contributed by atoms with E-state index in [0.29, 0.717) is 28.1 Å². The van der Waals surface area contributed by atoms with Crippen LogP contribution in [0.3, 0.4) is 0 Å². The molecule has 2 saturated heterocycles. The summed E-state index contributed by atoms with van der Waals surface area (Å²) in [5, 5.41) is 30.9. The number of thiophene rings is 1. The van der Waals surface area contributed by atoms with E-state index in [0.717, 1.165) is 98.3 Å². The monoisotopic (exact) mass is 599 g/mol. The fourth-order valence-electron chi connectivity index (χ4n) is 8.34. The Morgan fingerprint density at radius 2 is 2.05 bits per heavy atom. The number of aryl methyl sites for hydroxylation is 1. The van der Waals surface area contributed by atoms with Crippen LogP contribution in [0, 0.1) is 17.2 Å². The molecule has 2 aliphatic carbocycles. The van der Waals surface area contributed by atoms with Crippen LogP contribution in [0.1, 0.15) is 78.8 Å². The number of anilines is 2. The first-order valence-corrected chi connectivity index (χ1v) is 16.4. The summed E-state index contributed by atoms with van der Waals surface area (Å²) in [5.41, 5.74) is 10.2. The predicted octanol–water partition coefficient (Wildman–Crippen LogP) is 4.04. The van der Waals surface area contributed by atoms with Crippen LogP contribution in [0.4, 0.5) is 10.8 Å². The van der Waals surface area contributed by atoms with Crippen molar-refractivity contribution in [3.63, 3.8) is 0 Å². The van der Waals surface area contributed by atoms with Gasteiger partial charge in [-0.15, -0.1) is 11.3 Å². The quantitative estimate of drug-likeness (QED) is 0.345. The van der Waals surface area contributed by atoms with E-state index >= 15 is 0 Å². The second-order valence-corrected chi connectivity index (χ2v) is 14.1. The Morgan fingerprint density at radius 1 is 1.23 bits per heavy atom. The molecule has 0 saturated carbocycles. The number of hydrogen-bond acceptors (Lipinski definition) is 11. The molecule has 0 bridgehead atoms. The van der Waals surface area contributed by atoms with Crippen LogP contribution in [0.25, 0.3) is 22.6 Å². The van der Waals surface area contributed by atoms with Gasteiger partial charge < -0.3 is 25.2 Å². The largest absolute Gasteiger partial charge is 0.396 e. The molecule has 8 rings (SSSR count). The van der Waals surface area contributed by atoms with Gasteiger partial charge in [0.15, 0.2) is 22.9 Å². The highest BCUT2D eigenvalue weighted by Gasteiger charge is 2.49. The van der Waals surface area contributed by atoms with Crippen molar-refractivity contribution < 1.29 is 9.63 Å². The lowest BCUT2D eigenvalue weighted by atomic mass is 9.63. The first-order chi connectivity index (χ1) is 20.9. The number of nitriles is 1. The van der Waals surface area contributed by atoms with Gasteiger partial charge in [-0.3, -0.25) is 0 Å². The Hall–Kier alpha value is -3.53. The summed E-state index contributed by atoms with van der Waals surface area (Å²) < 4.78 is 8.35. The standard InChI is InChI=1S/C31H37N9O2S/c1-17(22-7-5-11-38(22)2)40-30-21(13-34-40)29(39-14-18(15-39)16-41)35-28(36-30)25-19-6-3-9-31(26(19)42-37-25)10-4-8-23-24(31)20(12-32)27(33)43-23/h13,17-18,22,41H,3-11,14-16,33H2,1-2H3. The lowest BCUT2D eigenvalue weighted by Crippen LogP contribution is -2.49. The molecule has 11 nitrogen and oxygen atoms in total. The molecule has 0 aromatic carbocycles. The number of likely N-dealkylation sites (tertiary alicyclic amines) is 1.